The fraction of sp³-hybridized carbons (Fsp3) is 0.100. The van der Waals surface area contributed by atoms with E-state index in [2.05, 4.69) is 10.5 Å². The molecule has 0 aliphatic rings. The van der Waals surface area contributed by atoms with E-state index in [0.717, 1.165) is 9.18 Å². The summed E-state index contributed by atoms with van der Waals surface area (Å²) in [7, 11) is -2.54. The summed E-state index contributed by atoms with van der Waals surface area (Å²) in [5.41, 5.74) is 2.66. The van der Waals surface area contributed by atoms with E-state index in [1.165, 1.54) is 61.1 Å². The lowest BCUT2D eigenvalue weighted by Crippen LogP contribution is -2.39. The van der Waals surface area contributed by atoms with Gasteiger partial charge in [-0.15, -0.1) is 11.3 Å². The summed E-state index contributed by atoms with van der Waals surface area (Å²) in [6, 6.07) is 15.8. The molecule has 0 spiro atoms. The van der Waals surface area contributed by atoms with Crippen LogP contribution >= 0.6 is 22.9 Å². The number of benzene rings is 2. The van der Waals surface area contributed by atoms with E-state index >= 15 is 0 Å². The molecule has 0 aliphatic heterocycles. The van der Waals surface area contributed by atoms with Gasteiger partial charge in [-0.1, -0.05) is 17.7 Å². The molecule has 10 heteroatoms. The number of carbonyl (C=O) groups excluding carboxylic acids is 1. The Morgan fingerprint density at radius 1 is 1.17 bits per heavy atom. The number of amides is 1. The zero-order valence-electron chi connectivity index (χ0n) is 15.9. The standard InChI is InChI=1S/C20H18ClN3O4S2/c1-28-17-8-10-19(11-9-17)30(26,27)24(16-6-4-15(21)5-7-16)14-20(25)23-22-13-18-3-2-12-29-18/h2-13H,14H2,1H3,(H,23,25)/b22-13-. The van der Waals surface area contributed by atoms with E-state index in [4.69, 9.17) is 16.3 Å². The van der Waals surface area contributed by atoms with Crippen molar-refractivity contribution in [3.05, 3.63) is 75.9 Å². The second kappa shape index (κ2) is 9.75. The molecule has 30 heavy (non-hydrogen) atoms. The first kappa shape index (κ1) is 21.8. The minimum atomic E-state index is -4.03. The molecule has 0 aliphatic carbocycles. The van der Waals surface area contributed by atoms with Crippen LogP contribution in [0.3, 0.4) is 0 Å². The van der Waals surface area contributed by atoms with Crippen molar-refractivity contribution in [1.29, 1.82) is 0 Å². The lowest BCUT2D eigenvalue weighted by atomic mass is 10.3. The van der Waals surface area contributed by atoms with Gasteiger partial charge in [-0.05, 0) is 60.0 Å². The first-order chi connectivity index (χ1) is 14.4. The molecule has 1 N–H and O–H groups in total. The van der Waals surface area contributed by atoms with Gasteiger partial charge in [-0.2, -0.15) is 5.10 Å². The van der Waals surface area contributed by atoms with E-state index < -0.39 is 22.5 Å². The van der Waals surface area contributed by atoms with Crippen molar-refractivity contribution in [2.75, 3.05) is 18.0 Å². The average molecular weight is 464 g/mol. The number of ether oxygens (including phenoxy) is 1. The molecule has 0 saturated carbocycles. The molecule has 2 aromatic carbocycles. The van der Waals surface area contributed by atoms with E-state index in [1.54, 1.807) is 12.1 Å². The molecule has 0 atom stereocenters. The van der Waals surface area contributed by atoms with E-state index in [9.17, 15) is 13.2 Å². The molecule has 7 nitrogen and oxygen atoms in total. The van der Waals surface area contributed by atoms with Gasteiger partial charge in [0.15, 0.2) is 0 Å². The topological polar surface area (TPSA) is 88.1 Å². The Balaban J connectivity index is 1.86. The maximum absolute atomic E-state index is 13.2. The Morgan fingerprint density at radius 3 is 2.47 bits per heavy atom. The number of halogens is 1. The highest BCUT2D eigenvalue weighted by Gasteiger charge is 2.27. The Kier molecular flexibility index (Phi) is 7.09. The average Bonchev–Trinajstić information content (AvgIpc) is 3.26. The summed E-state index contributed by atoms with van der Waals surface area (Å²) < 4.78 is 32.6. The second-order valence-corrected chi connectivity index (χ2v) is 9.25. The van der Waals surface area contributed by atoms with Crippen molar-refractivity contribution in [3.8, 4) is 5.75 Å². The van der Waals surface area contributed by atoms with Crippen LogP contribution in [0, 0.1) is 0 Å². The predicted molar refractivity (Wildman–Crippen MR) is 119 cm³/mol. The summed E-state index contributed by atoms with van der Waals surface area (Å²) in [6.07, 6.45) is 1.49. The zero-order chi connectivity index (χ0) is 21.6. The molecule has 0 radical (unpaired) electrons. The minimum absolute atomic E-state index is 0.0214. The van der Waals surface area contributed by atoms with Crippen LogP contribution in [-0.2, 0) is 14.8 Å². The summed E-state index contributed by atoms with van der Waals surface area (Å²) in [5.74, 6) is -0.0671. The molecule has 3 aromatic rings. The number of nitrogens with zero attached hydrogens (tertiary/aromatic N) is 2. The number of methoxy groups -OCH3 is 1. The summed E-state index contributed by atoms with van der Waals surface area (Å²) in [6.45, 7) is -0.461. The smallest absolute Gasteiger partial charge is 0.264 e. The molecule has 0 bridgehead atoms. The number of hydrogen-bond donors (Lipinski definition) is 1. The van der Waals surface area contributed by atoms with Gasteiger partial charge < -0.3 is 4.74 Å². The number of carbonyl (C=O) groups is 1. The monoisotopic (exact) mass is 463 g/mol. The lowest BCUT2D eigenvalue weighted by molar-refractivity contribution is -0.119. The van der Waals surface area contributed by atoms with Gasteiger partial charge in [0.2, 0.25) is 0 Å². The largest absolute Gasteiger partial charge is 0.497 e. The Morgan fingerprint density at radius 2 is 1.87 bits per heavy atom. The molecule has 1 aromatic heterocycles. The van der Waals surface area contributed by atoms with Gasteiger partial charge in [0.05, 0.1) is 23.9 Å². The maximum Gasteiger partial charge on any atom is 0.264 e. The van der Waals surface area contributed by atoms with Crippen LogP contribution in [0.2, 0.25) is 5.02 Å². The summed E-state index contributed by atoms with van der Waals surface area (Å²) >= 11 is 7.39. The SMILES string of the molecule is COc1ccc(S(=O)(=O)N(CC(=O)N/N=C\c2cccs2)c2ccc(Cl)cc2)cc1. The molecular formula is C20H18ClN3O4S2. The lowest BCUT2D eigenvalue weighted by Gasteiger charge is -2.23. The quantitative estimate of drug-likeness (QED) is 0.407. The van der Waals surface area contributed by atoms with Crippen molar-refractivity contribution < 1.29 is 17.9 Å². The molecule has 0 fully saturated rings. The predicted octanol–water partition coefficient (Wildman–Crippen LogP) is 3.76. The van der Waals surface area contributed by atoms with E-state index in [1.807, 2.05) is 17.5 Å². The van der Waals surface area contributed by atoms with Crippen molar-refractivity contribution in [3.63, 3.8) is 0 Å². The third kappa shape index (κ3) is 5.38. The molecule has 0 unspecified atom stereocenters. The number of hydrazone groups is 1. The van der Waals surface area contributed by atoms with E-state index in [-0.39, 0.29) is 4.90 Å². The third-order valence-corrected chi connectivity index (χ3v) is 6.82. The highest BCUT2D eigenvalue weighted by atomic mass is 35.5. The van der Waals surface area contributed by atoms with Gasteiger partial charge in [0.1, 0.15) is 12.3 Å². The number of thiophene rings is 1. The first-order valence-electron chi connectivity index (χ1n) is 8.68. The van der Waals surface area contributed by atoms with Crippen LogP contribution in [-0.4, -0.2) is 34.2 Å². The minimum Gasteiger partial charge on any atom is -0.497 e. The van der Waals surface area contributed by atoms with Crippen molar-refractivity contribution in [2.24, 2.45) is 5.10 Å². The Bertz CT molecular complexity index is 1110. The van der Waals surface area contributed by atoms with Gasteiger partial charge in [-0.3, -0.25) is 9.10 Å². The van der Waals surface area contributed by atoms with Gasteiger partial charge in [-0.25, -0.2) is 13.8 Å². The van der Waals surface area contributed by atoms with Crippen molar-refractivity contribution in [1.82, 2.24) is 5.43 Å². The van der Waals surface area contributed by atoms with Crippen LogP contribution in [0.15, 0.2) is 76.0 Å². The third-order valence-electron chi connectivity index (χ3n) is 3.97. The number of hydrogen-bond acceptors (Lipinski definition) is 6. The molecule has 1 heterocycles. The van der Waals surface area contributed by atoms with Crippen LogP contribution in [0.4, 0.5) is 5.69 Å². The van der Waals surface area contributed by atoms with Crippen LogP contribution in [0.25, 0.3) is 0 Å². The maximum atomic E-state index is 13.2. The van der Waals surface area contributed by atoms with Crippen LogP contribution in [0.5, 0.6) is 5.75 Å². The normalized spacial score (nSPS) is 11.4. The van der Waals surface area contributed by atoms with E-state index in [0.29, 0.717) is 16.5 Å². The molecule has 156 valence electrons. The van der Waals surface area contributed by atoms with Gasteiger partial charge in [0, 0.05) is 9.90 Å². The number of rotatable bonds is 8. The van der Waals surface area contributed by atoms with Crippen molar-refractivity contribution >= 4 is 50.8 Å². The Hall–Kier alpha value is -2.88. The fourth-order valence-electron chi connectivity index (χ4n) is 2.50. The number of sulfonamides is 1. The zero-order valence-corrected chi connectivity index (χ0v) is 18.2. The summed E-state index contributed by atoms with van der Waals surface area (Å²) in [5, 5.41) is 6.21. The van der Waals surface area contributed by atoms with Crippen LogP contribution < -0.4 is 14.5 Å². The number of nitrogens with one attached hydrogen (secondary N) is 1. The summed E-state index contributed by atoms with van der Waals surface area (Å²) in [4.78, 5) is 13.3. The second-order valence-electron chi connectivity index (χ2n) is 5.97. The van der Waals surface area contributed by atoms with Gasteiger partial charge >= 0.3 is 0 Å². The number of anilines is 1. The van der Waals surface area contributed by atoms with Crippen molar-refractivity contribution in [2.45, 2.75) is 4.90 Å². The molecule has 0 saturated heterocycles. The Labute approximate surface area is 183 Å². The molecular weight excluding hydrogens is 446 g/mol. The molecule has 1 amide bonds. The highest BCUT2D eigenvalue weighted by molar-refractivity contribution is 7.92. The van der Waals surface area contributed by atoms with Crippen LogP contribution in [0.1, 0.15) is 4.88 Å². The molecule has 3 rings (SSSR count). The first-order valence-corrected chi connectivity index (χ1v) is 11.4. The highest BCUT2D eigenvalue weighted by Crippen LogP contribution is 2.26. The fourth-order valence-corrected chi connectivity index (χ4v) is 4.63. The van der Waals surface area contributed by atoms with Gasteiger partial charge in [0.25, 0.3) is 15.9 Å².